The average molecular weight is 278 g/mol. The molecule has 0 spiro atoms. The van der Waals surface area contributed by atoms with Crippen LogP contribution >= 0.6 is 11.3 Å². The molecule has 1 aromatic carbocycles. The van der Waals surface area contributed by atoms with Gasteiger partial charge in [-0.2, -0.15) is 0 Å². The molecule has 19 heavy (non-hydrogen) atoms. The molecular formula is C13H14N2O3S. The Hall–Kier alpha value is -1.79. The summed E-state index contributed by atoms with van der Waals surface area (Å²) < 4.78 is 10.5. The summed E-state index contributed by atoms with van der Waals surface area (Å²) in [7, 11) is 0. The lowest BCUT2D eigenvalue weighted by Crippen LogP contribution is -2.16. The van der Waals surface area contributed by atoms with Gasteiger partial charge in [0.05, 0.1) is 5.01 Å². The first-order valence-electron chi connectivity index (χ1n) is 6.03. The topological polar surface area (TPSA) is 63.6 Å². The van der Waals surface area contributed by atoms with E-state index in [-0.39, 0.29) is 12.5 Å². The second-order valence-electron chi connectivity index (χ2n) is 4.19. The number of phenolic OH excluding ortho intramolecular Hbond substituents is 1. The maximum absolute atomic E-state index is 9.87. The minimum absolute atomic E-state index is 0.218. The molecular weight excluding hydrogens is 264 g/mol. The first kappa shape index (κ1) is 12.3. The van der Waals surface area contributed by atoms with Gasteiger partial charge in [0.25, 0.3) is 0 Å². The molecule has 1 aliphatic heterocycles. The monoisotopic (exact) mass is 278 g/mol. The molecule has 0 bridgehead atoms. The van der Waals surface area contributed by atoms with Crippen LogP contribution in [0, 0.1) is 0 Å². The molecule has 0 saturated carbocycles. The van der Waals surface area contributed by atoms with Gasteiger partial charge in [-0.15, -0.1) is 11.3 Å². The predicted molar refractivity (Wildman–Crippen MR) is 71.8 cm³/mol. The number of ether oxygens (including phenoxy) is 2. The standard InChI is InChI=1S/C13H14N2O3S/c16-10-6-12-11(17-8-18-12)5-9(10)7-14-2-1-13-15-3-4-19-13/h3-6,14,16H,1-2,7-8H2. The van der Waals surface area contributed by atoms with E-state index in [1.807, 2.05) is 17.6 Å². The van der Waals surface area contributed by atoms with Crippen molar-refractivity contribution in [2.24, 2.45) is 0 Å². The van der Waals surface area contributed by atoms with Crippen LogP contribution in [-0.2, 0) is 13.0 Å². The van der Waals surface area contributed by atoms with Gasteiger partial charge in [0.1, 0.15) is 5.75 Å². The summed E-state index contributed by atoms with van der Waals surface area (Å²) in [5.74, 6) is 1.52. The fourth-order valence-corrected chi connectivity index (χ4v) is 2.53. The smallest absolute Gasteiger partial charge is 0.231 e. The summed E-state index contributed by atoms with van der Waals surface area (Å²) in [6.07, 6.45) is 2.70. The average Bonchev–Trinajstić information content (AvgIpc) is 3.05. The molecule has 0 saturated heterocycles. The summed E-state index contributed by atoms with van der Waals surface area (Å²) in [5.41, 5.74) is 0.809. The number of phenols is 1. The van der Waals surface area contributed by atoms with Crippen LogP contribution < -0.4 is 14.8 Å². The Labute approximate surface area is 114 Å². The van der Waals surface area contributed by atoms with Gasteiger partial charge >= 0.3 is 0 Å². The molecule has 1 aromatic heterocycles. The van der Waals surface area contributed by atoms with Crippen LogP contribution in [0.4, 0.5) is 0 Å². The van der Waals surface area contributed by atoms with Gasteiger partial charge in [0.2, 0.25) is 6.79 Å². The maximum atomic E-state index is 9.87. The zero-order valence-corrected chi connectivity index (χ0v) is 11.1. The Morgan fingerprint density at radius 2 is 2.16 bits per heavy atom. The zero-order valence-electron chi connectivity index (χ0n) is 10.3. The predicted octanol–water partition coefficient (Wildman–Crippen LogP) is 1.91. The summed E-state index contributed by atoms with van der Waals surface area (Å²) in [6, 6.07) is 3.41. The minimum Gasteiger partial charge on any atom is -0.507 e. The van der Waals surface area contributed by atoms with E-state index >= 15 is 0 Å². The van der Waals surface area contributed by atoms with Gasteiger partial charge < -0.3 is 19.9 Å². The number of aromatic nitrogens is 1. The summed E-state index contributed by atoms with van der Waals surface area (Å²) in [6.45, 7) is 1.63. The molecule has 100 valence electrons. The summed E-state index contributed by atoms with van der Waals surface area (Å²) in [4.78, 5) is 4.22. The molecule has 2 aromatic rings. The minimum atomic E-state index is 0.218. The largest absolute Gasteiger partial charge is 0.507 e. The van der Waals surface area contributed by atoms with Gasteiger partial charge in [-0.05, 0) is 6.07 Å². The lowest BCUT2D eigenvalue weighted by Gasteiger charge is -2.07. The molecule has 0 radical (unpaired) electrons. The van der Waals surface area contributed by atoms with Crippen molar-refractivity contribution in [1.82, 2.24) is 10.3 Å². The number of benzene rings is 1. The highest BCUT2D eigenvalue weighted by Crippen LogP contribution is 2.37. The maximum Gasteiger partial charge on any atom is 0.231 e. The van der Waals surface area contributed by atoms with Crippen molar-refractivity contribution < 1.29 is 14.6 Å². The molecule has 0 fully saturated rings. The number of hydrogen-bond acceptors (Lipinski definition) is 6. The van der Waals surface area contributed by atoms with Gasteiger partial charge in [0.15, 0.2) is 11.5 Å². The van der Waals surface area contributed by atoms with Crippen molar-refractivity contribution in [1.29, 1.82) is 0 Å². The van der Waals surface area contributed by atoms with Crippen molar-refractivity contribution in [3.63, 3.8) is 0 Å². The Balaban J connectivity index is 1.55. The van der Waals surface area contributed by atoms with Crippen LogP contribution in [0.15, 0.2) is 23.7 Å². The van der Waals surface area contributed by atoms with Crippen LogP contribution in [0.25, 0.3) is 0 Å². The summed E-state index contributed by atoms with van der Waals surface area (Å²) >= 11 is 1.65. The fraction of sp³-hybridized carbons (Fsp3) is 0.308. The molecule has 3 rings (SSSR count). The SMILES string of the molecule is Oc1cc2c(cc1CNCCc1nccs1)OCO2. The third kappa shape index (κ3) is 2.80. The van der Waals surface area contributed by atoms with E-state index in [9.17, 15) is 5.11 Å². The lowest BCUT2D eigenvalue weighted by molar-refractivity contribution is 0.174. The molecule has 0 unspecified atom stereocenters. The first-order valence-corrected chi connectivity index (χ1v) is 6.91. The van der Waals surface area contributed by atoms with Crippen LogP contribution in [0.3, 0.4) is 0 Å². The van der Waals surface area contributed by atoms with Crippen molar-refractivity contribution in [3.05, 3.63) is 34.3 Å². The van der Waals surface area contributed by atoms with Crippen molar-refractivity contribution in [2.45, 2.75) is 13.0 Å². The van der Waals surface area contributed by atoms with Gasteiger partial charge in [-0.3, -0.25) is 0 Å². The van der Waals surface area contributed by atoms with Gasteiger partial charge in [-0.25, -0.2) is 4.98 Å². The van der Waals surface area contributed by atoms with E-state index in [1.54, 1.807) is 17.4 Å². The number of aromatic hydroxyl groups is 1. The van der Waals surface area contributed by atoms with Crippen molar-refractivity contribution in [3.8, 4) is 17.2 Å². The van der Waals surface area contributed by atoms with Crippen molar-refractivity contribution >= 4 is 11.3 Å². The van der Waals surface area contributed by atoms with Crippen molar-refractivity contribution in [2.75, 3.05) is 13.3 Å². The van der Waals surface area contributed by atoms with Crippen LogP contribution in [-0.4, -0.2) is 23.4 Å². The van der Waals surface area contributed by atoms with E-state index in [2.05, 4.69) is 10.3 Å². The lowest BCUT2D eigenvalue weighted by atomic mass is 10.1. The van der Waals surface area contributed by atoms with E-state index in [0.29, 0.717) is 18.0 Å². The number of thiazole rings is 1. The molecule has 0 aliphatic carbocycles. The highest BCUT2D eigenvalue weighted by Gasteiger charge is 2.16. The van der Waals surface area contributed by atoms with Gasteiger partial charge in [-0.1, -0.05) is 0 Å². The molecule has 0 atom stereocenters. The van der Waals surface area contributed by atoms with Crippen LogP contribution in [0.2, 0.25) is 0 Å². The number of nitrogens with one attached hydrogen (secondary N) is 1. The van der Waals surface area contributed by atoms with Gasteiger partial charge in [0, 0.05) is 42.7 Å². The molecule has 1 aliphatic rings. The van der Waals surface area contributed by atoms with E-state index in [0.717, 1.165) is 23.5 Å². The Kier molecular flexibility index (Phi) is 3.52. The van der Waals surface area contributed by atoms with Crippen LogP contribution in [0.1, 0.15) is 10.6 Å². The molecule has 2 N–H and O–H groups in total. The second-order valence-corrected chi connectivity index (χ2v) is 5.17. The van der Waals surface area contributed by atoms with Crippen LogP contribution in [0.5, 0.6) is 17.2 Å². The number of rotatable bonds is 5. The quantitative estimate of drug-likeness (QED) is 0.818. The normalized spacial score (nSPS) is 12.8. The zero-order chi connectivity index (χ0) is 13.1. The Morgan fingerprint density at radius 3 is 2.95 bits per heavy atom. The number of hydrogen-bond donors (Lipinski definition) is 2. The second kappa shape index (κ2) is 5.46. The van der Waals surface area contributed by atoms with E-state index in [1.165, 1.54) is 0 Å². The number of nitrogens with zero attached hydrogens (tertiary/aromatic N) is 1. The first-order chi connectivity index (χ1) is 9.33. The third-order valence-corrected chi connectivity index (χ3v) is 3.73. The molecule has 5 nitrogen and oxygen atoms in total. The van der Waals surface area contributed by atoms with E-state index in [4.69, 9.17) is 9.47 Å². The third-order valence-electron chi connectivity index (χ3n) is 2.89. The number of fused-ring (bicyclic) bond motifs is 1. The fourth-order valence-electron chi connectivity index (χ4n) is 1.91. The summed E-state index contributed by atoms with van der Waals surface area (Å²) in [5, 5.41) is 16.2. The van der Waals surface area contributed by atoms with E-state index < -0.39 is 0 Å². The highest BCUT2D eigenvalue weighted by atomic mass is 32.1. The Morgan fingerprint density at radius 1 is 1.32 bits per heavy atom. The molecule has 0 amide bonds. The molecule has 6 heteroatoms. The highest BCUT2D eigenvalue weighted by molar-refractivity contribution is 7.09. The Bertz CT molecular complexity index is 557. The molecule has 2 heterocycles.